The maximum Gasteiger partial charge on any atom is 0.306 e. The summed E-state index contributed by atoms with van der Waals surface area (Å²) >= 11 is 0. The number of methoxy groups -OCH3 is 1. The Morgan fingerprint density at radius 3 is 2.74 bits per heavy atom. The summed E-state index contributed by atoms with van der Waals surface area (Å²) in [5.41, 5.74) is 2.67. The Kier molecular flexibility index (Phi) is 4.55. The van der Waals surface area contributed by atoms with Crippen LogP contribution in [0, 0.1) is 11.8 Å². The van der Waals surface area contributed by atoms with Crippen molar-refractivity contribution in [2.75, 3.05) is 7.11 Å². The number of carboxylic acid groups (broad SMARTS) is 1. The van der Waals surface area contributed by atoms with E-state index in [2.05, 4.69) is 22.1 Å². The van der Waals surface area contributed by atoms with Crippen molar-refractivity contribution in [1.29, 1.82) is 0 Å². The molecule has 0 bridgehead atoms. The number of hydrogen-bond donors (Lipinski definition) is 1. The standard InChI is InChI=1S/C18H20N2O3/c1-23-16-9-8-15-17(20-16)13(10-11-19-15)5-2-12-3-6-14(7-4-12)18(21)22/h2,5,8-12,14H,3-4,6-7H2,1H3,(H,21,22)/b5-2+/t12-,14-. The number of allylic oxidation sites excluding steroid dienone is 1. The summed E-state index contributed by atoms with van der Waals surface area (Å²) in [6.45, 7) is 0. The van der Waals surface area contributed by atoms with Crippen LogP contribution >= 0.6 is 0 Å². The molecule has 0 unspecified atom stereocenters. The molecule has 0 aliphatic heterocycles. The largest absolute Gasteiger partial charge is 0.481 e. The van der Waals surface area contributed by atoms with Crippen molar-refractivity contribution in [1.82, 2.24) is 9.97 Å². The number of ether oxygens (including phenoxy) is 1. The molecule has 0 radical (unpaired) electrons. The molecular weight excluding hydrogens is 292 g/mol. The molecule has 0 amide bonds. The Morgan fingerprint density at radius 2 is 2.04 bits per heavy atom. The van der Waals surface area contributed by atoms with Gasteiger partial charge in [-0.3, -0.25) is 9.78 Å². The summed E-state index contributed by atoms with van der Waals surface area (Å²) in [6.07, 6.45) is 9.38. The maximum absolute atomic E-state index is 11.0. The number of aliphatic carboxylic acids is 1. The minimum atomic E-state index is -0.663. The van der Waals surface area contributed by atoms with Gasteiger partial charge in [-0.05, 0) is 43.7 Å². The van der Waals surface area contributed by atoms with Gasteiger partial charge in [0.1, 0.15) is 0 Å². The van der Waals surface area contributed by atoms with Gasteiger partial charge in [-0.2, -0.15) is 0 Å². The molecule has 23 heavy (non-hydrogen) atoms. The number of hydrogen-bond acceptors (Lipinski definition) is 4. The van der Waals surface area contributed by atoms with Crippen molar-refractivity contribution in [3.8, 4) is 5.88 Å². The fourth-order valence-electron chi connectivity index (χ4n) is 3.07. The van der Waals surface area contributed by atoms with Crippen LogP contribution < -0.4 is 4.74 Å². The molecule has 0 aromatic carbocycles. The summed E-state index contributed by atoms with van der Waals surface area (Å²) < 4.78 is 5.19. The van der Waals surface area contributed by atoms with Crippen LogP contribution in [0.4, 0.5) is 0 Å². The number of nitrogens with zero attached hydrogens (tertiary/aromatic N) is 2. The second-order valence-corrected chi connectivity index (χ2v) is 5.93. The third-order valence-corrected chi connectivity index (χ3v) is 4.47. The van der Waals surface area contributed by atoms with Gasteiger partial charge in [-0.1, -0.05) is 12.2 Å². The Balaban J connectivity index is 1.77. The van der Waals surface area contributed by atoms with Gasteiger partial charge < -0.3 is 9.84 Å². The first-order valence-corrected chi connectivity index (χ1v) is 7.88. The lowest BCUT2D eigenvalue weighted by Crippen LogP contribution is -2.20. The highest BCUT2D eigenvalue weighted by molar-refractivity contribution is 5.84. The first-order valence-electron chi connectivity index (χ1n) is 7.88. The van der Waals surface area contributed by atoms with Gasteiger partial charge in [-0.15, -0.1) is 0 Å². The van der Waals surface area contributed by atoms with Crippen LogP contribution in [0.2, 0.25) is 0 Å². The molecule has 1 N–H and O–H groups in total. The fourth-order valence-corrected chi connectivity index (χ4v) is 3.07. The van der Waals surface area contributed by atoms with E-state index in [4.69, 9.17) is 9.84 Å². The number of fused-ring (bicyclic) bond motifs is 1. The second kappa shape index (κ2) is 6.77. The third kappa shape index (κ3) is 3.50. The van der Waals surface area contributed by atoms with Crippen molar-refractivity contribution >= 4 is 23.1 Å². The lowest BCUT2D eigenvalue weighted by molar-refractivity contribution is -0.142. The zero-order valence-corrected chi connectivity index (χ0v) is 13.1. The van der Waals surface area contributed by atoms with Crippen LogP contribution in [0.25, 0.3) is 17.1 Å². The zero-order chi connectivity index (χ0) is 16.2. The van der Waals surface area contributed by atoms with E-state index in [1.54, 1.807) is 19.4 Å². The van der Waals surface area contributed by atoms with Gasteiger partial charge in [0.15, 0.2) is 0 Å². The average molecular weight is 312 g/mol. The summed E-state index contributed by atoms with van der Waals surface area (Å²) in [6, 6.07) is 5.64. The lowest BCUT2D eigenvalue weighted by Gasteiger charge is -2.23. The van der Waals surface area contributed by atoms with Gasteiger partial charge in [0, 0.05) is 17.8 Å². The Labute approximate surface area is 135 Å². The monoisotopic (exact) mass is 312 g/mol. The van der Waals surface area contributed by atoms with E-state index in [1.807, 2.05) is 12.1 Å². The summed E-state index contributed by atoms with van der Waals surface area (Å²) in [7, 11) is 1.60. The van der Waals surface area contributed by atoms with Gasteiger partial charge in [-0.25, -0.2) is 4.98 Å². The Hall–Kier alpha value is -2.43. The van der Waals surface area contributed by atoms with Crippen molar-refractivity contribution in [2.45, 2.75) is 25.7 Å². The van der Waals surface area contributed by atoms with Gasteiger partial charge in [0.2, 0.25) is 5.88 Å². The second-order valence-electron chi connectivity index (χ2n) is 5.93. The maximum atomic E-state index is 11.0. The van der Waals surface area contributed by atoms with Crippen LogP contribution in [0.1, 0.15) is 31.2 Å². The van der Waals surface area contributed by atoms with E-state index in [-0.39, 0.29) is 5.92 Å². The SMILES string of the molecule is COc1ccc2nccc(/C=C/[C@H]3CC[C@H](C(=O)O)CC3)c2n1. The molecule has 1 saturated carbocycles. The van der Waals surface area contributed by atoms with Crippen LogP contribution in [0.5, 0.6) is 5.88 Å². The molecule has 1 aliphatic carbocycles. The van der Waals surface area contributed by atoms with E-state index >= 15 is 0 Å². The molecular formula is C18H20N2O3. The van der Waals surface area contributed by atoms with Crippen LogP contribution in [-0.4, -0.2) is 28.2 Å². The fraction of sp³-hybridized carbons (Fsp3) is 0.389. The molecule has 2 aromatic heterocycles. The quantitative estimate of drug-likeness (QED) is 0.934. The number of rotatable bonds is 4. The number of aromatic nitrogens is 2. The van der Waals surface area contributed by atoms with Crippen molar-refractivity contribution in [3.05, 3.63) is 36.0 Å². The number of carboxylic acids is 1. The van der Waals surface area contributed by atoms with Gasteiger partial charge in [0.05, 0.1) is 24.1 Å². The minimum Gasteiger partial charge on any atom is -0.481 e. The molecule has 5 nitrogen and oxygen atoms in total. The predicted octanol–water partition coefficient (Wildman–Crippen LogP) is 3.54. The van der Waals surface area contributed by atoms with E-state index < -0.39 is 5.97 Å². The predicted molar refractivity (Wildman–Crippen MR) is 88.2 cm³/mol. The van der Waals surface area contributed by atoms with Crippen LogP contribution in [-0.2, 0) is 4.79 Å². The molecule has 2 heterocycles. The summed E-state index contributed by atoms with van der Waals surface area (Å²) in [5.74, 6) is 0.165. The molecule has 1 fully saturated rings. The minimum absolute atomic E-state index is 0.174. The molecule has 0 saturated heterocycles. The molecule has 0 atom stereocenters. The van der Waals surface area contributed by atoms with Gasteiger partial charge in [0.25, 0.3) is 0 Å². The first-order chi connectivity index (χ1) is 11.2. The highest BCUT2D eigenvalue weighted by atomic mass is 16.5. The first kappa shape index (κ1) is 15.5. The molecule has 5 heteroatoms. The van der Waals surface area contributed by atoms with Crippen LogP contribution in [0.15, 0.2) is 30.5 Å². The normalized spacial score (nSPS) is 21.6. The van der Waals surface area contributed by atoms with E-state index in [0.717, 1.165) is 42.3 Å². The Morgan fingerprint density at radius 1 is 1.26 bits per heavy atom. The van der Waals surface area contributed by atoms with Crippen molar-refractivity contribution in [3.63, 3.8) is 0 Å². The summed E-state index contributed by atoms with van der Waals surface area (Å²) in [4.78, 5) is 19.8. The average Bonchev–Trinajstić information content (AvgIpc) is 2.59. The van der Waals surface area contributed by atoms with Crippen molar-refractivity contribution in [2.24, 2.45) is 11.8 Å². The molecule has 1 aliphatic rings. The molecule has 3 rings (SSSR count). The molecule has 2 aromatic rings. The smallest absolute Gasteiger partial charge is 0.306 e. The summed E-state index contributed by atoms with van der Waals surface area (Å²) in [5, 5.41) is 9.06. The highest BCUT2D eigenvalue weighted by Gasteiger charge is 2.24. The van der Waals surface area contributed by atoms with Crippen LogP contribution in [0.3, 0.4) is 0 Å². The third-order valence-electron chi connectivity index (χ3n) is 4.47. The molecule has 120 valence electrons. The van der Waals surface area contributed by atoms with Crippen molar-refractivity contribution < 1.29 is 14.6 Å². The molecule has 0 spiro atoms. The Bertz CT molecular complexity index is 734. The highest BCUT2D eigenvalue weighted by Crippen LogP contribution is 2.30. The number of pyridine rings is 2. The van der Waals surface area contributed by atoms with E-state index in [1.165, 1.54) is 0 Å². The topological polar surface area (TPSA) is 72.3 Å². The lowest BCUT2D eigenvalue weighted by atomic mass is 9.82. The van der Waals surface area contributed by atoms with E-state index in [0.29, 0.717) is 11.8 Å². The number of carbonyl (C=O) groups is 1. The van der Waals surface area contributed by atoms with E-state index in [9.17, 15) is 4.79 Å². The van der Waals surface area contributed by atoms with Gasteiger partial charge >= 0.3 is 5.97 Å². The zero-order valence-electron chi connectivity index (χ0n) is 13.1.